The predicted molar refractivity (Wildman–Crippen MR) is 103 cm³/mol. The highest BCUT2D eigenvalue weighted by Gasteiger charge is 2.26. The number of furan rings is 1. The Hall–Kier alpha value is -1.83. The quantitative estimate of drug-likeness (QED) is 0.628. The summed E-state index contributed by atoms with van der Waals surface area (Å²) in [6.07, 6.45) is 3.86. The van der Waals surface area contributed by atoms with Crippen LogP contribution in [-0.2, 0) is 6.54 Å². The normalized spacial score (nSPS) is 15.7. The van der Waals surface area contributed by atoms with Gasteiger partial charge < -0.3 is 13.7 Å². The van der Waals surface area contributed by atoms with Gasteiger partial charge in [-0.2, -0.15) is 0 Å². The van der Waals surface area contributed by atoms with Crippen LogP contribution in [0.5, 0.6) is 0 Å². The molecular weight excluding hydrogens is 420 g/mol. The van der Waals surface area contributed by atoms with Crippen LogP contribution < -0.4 is 0 Å². The molecule has 0 aromatic carbocycles. The van der Waals surface area contributed by atoms with Gasteiger partial charge in [0.1, 0.15) is 5.65 Å². The van der Waals surface area contributed by atoms with Gasteiger partial charge in [0, 0.05) is 50.7 Å². The standard InChI is InChI=1S/C18H18BrClN4O2/c1-12-8-15(19)26-17(12)18(25)23-6-4-22(5-7-23)10-14-11-24-9-13(20)2-3-16(24)21-14/h2-3,8-9,11H,4-7,10H2,1H3. The van der Waals surface area contributed by atoms with E-state index in [0.717, 1.165) is 36.5 Å². The summed E-state index contributed by atoms with van der Waals surface area (Å²) in [7, 11) is 0. The molecule has 1 amide bonds. The van der Waals surface area contributed by atoms with Crippen molar-refractivity contribution in [1.29, 1.82) is 0 Å². The van der Waals surface area contributed by atoms with Crippen LogP contribution in [0.3, 0.4) is 0 Å². The van der Waals surface area contributed by atoms with Gasteiger partial charge in [-0.15, -0.1) is 0 Å². The number of carbonyl (C=O) groups excluding carboxylic acids is 1. The van der Waals surface area contributed by atoms with E-state index in [9.17, 15) is 4.79 Å². The van der Waals surface area contributed by atoms with Crippen molar-refractivity contribution in [2.75, 3.05) is 26.2 Å². The molecule has 0 bridgehead atoms. The van der Waals surface area contributed by atoms with E-state index >= 15 is 0 Å². The minimum absolute atomic E-state index is 0.0461. The molecule has 1 aliphatic heterocycles. The number of piperazine rings is 1. The van der Waals surface area contributed by atoms with E-state index < -0.39 is 0 Å². The number of pyridine rings is 1. The van der Waals surface area contributed by atoms with Crippen molar-refractivity contribution in [2.24, 2.45) is 0 Å². The smallest absolute Gasteiger partial charge is 0.289 e. The van der Waals surface area contributed by atoms with Crippen LogP contribution in [0.2, 0.25) is 5.02 Å². The van der Waals surface area contributed by atoms with Crippen molar-refractivity contribution in [3.63, 3.8) is 0 Å². The Kier molecular flexibility index (Phi) is 4.77. The zero-order valence-corrected chi connectivity index (χ0v) is 16.6. The number of hydrogen-bond acceptors (Lipinski definition) is 4. The first-order valence-corrected chi connectivity index (χ1v) is 9.57. The second-order valence-corrected chi connectivity index (χ2v) is 7.69. The number of carbonyl (C=O) groups is 1. The minimum atomic E-state index is -0.0461. The molecule has 1 aliphatic rings. The van der Waals surface area contributed by atoms with Crippen molar-refractivity contribution in [1.82, 2.24) is 19.2 Å². The topological polar surface area (TPSA) is 54.0 Å². The summed E-state index contributed by atoms with van der Waals surface area (Å²) in [6, 6.07) is 5.57. The Morgan fingerprint density at radius 2 is 2.04 bits per heavy atom. The summed E-state index contributed by atoms with van der Waals surface area (Å²) >= 11 is 9.30. The molecule has 0 unspecified atom stereocenters. The van der Waals surface area contributed by atoms with E-state index in [2.05, 4.69) is 25.8 Å². The number of halogens is 2. The third-order valence-electron chi connectivity index (χ3n) is 4.59. The van der Waals surface area contributed by atoms with E-state index in [1.807, 2.05) is 46.8 Å². The molecule has 0 aliphatic carbocycles. The second-order valence-electron chi connectivity index (χ2n) is 6.48. The van der Waals surface area contributed by atoms with E-state index in [-0.39, 0.29) is 5.91 Å². The van der Waals surface area contributed by atoms with Crippen LogP contribution in [0.1, 0.15) is 21.8 Å². The average molecular weight is 438 g/mol. The number of rotatable bonds is 3. The minimum Gasteiger partial charge on any atom is -0.444 e. The molecule has 26 heavy (non-hydrogen) atoms. The van der Waals surface area contributed by atoms with E-state index in [0.29, 0.717) is 28.5 Å². The molecule has 0 atom stereocenters. The Labute approximate surface area is 164 Å². The summed E-state index contributed by atoms with van der Waals surface area (Å²) in [5.41, 5.74) is 2.74. The third kappa shape index (κ3) is 3.51. The lowest BCUT2D eigenvalue weighted by Crippen LogP contribution is -2.48. The van der Waals surface area contributed by atoms with Gasteiger partial charge in [0.05, 0.1) is 10.7 Å². The first-order chi connectivity index (χ1) is 12.5. The molecule has 4 rings (SSSR count). The summed E-state index contributed by atoms with van der Waals surface area (Å²) in [4.78, 5) is 21.4. The van der Waals surface area contributed by atoms with Crippen molar-refractivity contribution >= 4 is 39.1 Å². The maximum absolute atomic E-state index is 12.6. The molecule has 6 nitrogen and oxygen atoms in total. The lowest BCUT2D eigenvalue weighted by Gasteiger charge is -2.34. The van der Waals surface area contributed by atoms with Gasteiger partial charge in [-0.1, -0.05) is 11.6 Å². The molecule has 0 saturated carbocycles. The van der Waals surface area contributed by atoms with Crippen molar-refractivity contribution in [3.8, 4) is 0 Å². The number of fused-ring (bicyclic) bond motifs is 1. The van der Waals surface area contributed by atoms with E-state index in [1.165, 1.54) is 0 Å². The van der Waals surface area contributed by atoms with Crippen LogP contribution in [0.15, 0.2) is 39.7 Å². The van der Waals surface area contributed by atoms with Gasteiger partial charge in [-0.25, -0.2) is 4.98 Å². The van der Waals surface area contributed by atoms with Crippen molar-refractivity contribution < 1.29 is 9.21 Å². The van der Waals surface area contributed by atoms with Crippen LogP contribution in [0.25, 0.3) is 5.65 Å². The zero-order valence-electron chi connectivity index (χ0n) is 14.3. The highest BCUT2D eigenvalue weighted by Crippen LogP contribution is 2.22. The first-order valence-electron chi connectivity index (χ1n) is 8.40. The molecule has 1 saturated heterocycles. The van der Waals surface area contributed by atoms with Gasteiger partial charge in [0.15, 0.2) is 10.4 Å². The van der Waals surface area contributed by atoms with Crippen LogP contribution in [0, 0.1) is 6.92 Å². The number of aromatic nitrogens is 2. The second kappa shape index (κ2) is 7.06. The number of amides is 1. The molecule has 1 fully saturated rings. The number of hydrogen-bond donors (Lipinski definition) is 0. The Balaban J connectivity index is 1.38. The highest BCUT2D eigenvalue weighted by molar-refractivity contribution is 9.10. The number of nitrogens with zero attached hydrogens (tertiary/aromatic N) is 4. The molecule has 4 heterocycles. The maximum Gasteiger partial charge on any atom is 0.289 e. The van der Waals surface area contributed by atoms with Gasteiger partial charge in [-0.3, -0.25) is 9.69 Å². The molecule has 0 spiro atoms. The predicted octanol–water partition coefficient (Wildman–Crippen LogP) is 3.61. The molecular formula is C18H18BrClN4O2. The first kappa shape index (κ1) is 17.6. The van der Waals surface area contributed by atoms with Gasteiger partial charge >= 0.3 is 0 Å². The van der Waals surface area contributed by atoms with Gasteiger partial charge in [0.2, 0.25) is 0 Å². The fourth-order valence-electron chi connectivity index (χ4n) is 3.23. The number of aryl methyl sites for hydroxylation is 1. The highest BCUT2D eigenvalue weighted by atomic mass is 79.9. The zero-order chi connectivity index (χ0) is 18.3. The van der Waals surface area contributed by atoms with E-state index in [1.54, 1.807) is 0 Å². The molecule has 136 valence electrons. The SMILES string of the molecule is Cc1cc(Br)oc1C(=O)N1CCN(Cc2cn3cc(Cl)ccc3n2)CC1. The molecule has 3 aromatic rings. The Morgan fingerprint density at radius 1 is 1.27 bits per heavy atom. The largest absolute Gasteiger partial charge is 0.444 e. The lowest BCUT2D eigenvalue weighted by molar-refractivity contribution is 0.0594. The average Bonchev–Trinajstić information content (AvgIpc) is 3.16. The summed E-state index contributed by atoms with van der Waals surface area (Å²) < 4.78 is 8.01. The van der Waals surface area contributed by atoms with Gasteiger partial charge in [0.25, 0.3) is 5.91 Å². The third-order valence-corrected chi connectivity index (χ3v) is 5.21. The summed E-state index contributed by atoms with van der Waals surface area (Å²) in [6.45, 7) is 5.61. The van der Waals surface area contributed by atoms with Crippen molar-refractivity contribution in [2.45, 2.75) is 13.5 Å². The molecule has 0 N–H and O–H groups in total. The maximum atomic E-state index is 12.6. The van der Waals surface area contributed by atoms with Crippen LogP contribution in [0.4, 0.5) is 0 Å². The van der Waals surface area contributed by atoms with E-state index in [4.69, 9.17) is 16.0 Å². The Morgan fingerprint density at radius 3 is 2.73 bits per heavy atom. The molecule has 8 heteroatoms. The monoisotopic (exact) mass is 436 g/mol. The summed E-state index contributed by atoms with van der Waals surface area (Å²) in [5, 5.41) is 0.688. The number of imidazole rings is 1. The van der Waals surface area contributed by atoms with Crippen LogP contribution in [-0.4, -0.2) is 51.3 Å². The van der Waals surface area contributed by atoms with Gasteiger partial charge in [-0.05, 0) is 41.1 Å². The fourth-order valence-corrected chi connectivity index (χ4v) is 3.90. The van der Waals surface area contributed by atoms with Crippen molar-refractivity contribution in [3.05, 3.63) is 57.3 Å². The molecule has 0 radical (unpaired) electrons. The Bertz CT molecular complexity index is 959. The molecule has 3 aromatic heterocycles. The lowest BCUT2D eigenvalue weighted by atomic mass is 10.2. The fraction of sp³-hybridized carbons (Fsp3) is 0.333. The summed E-state index contributed by atoms with van der Waals surface area (Å²) in [5.74, 6) is 0.373. The van der Waals surface area contributed by atoms with Crippen LogP contribution >= 0.6 is 27.5 Å².